The Bertz CT molecular complexity index is 1490. The standard InChI is InChI=1S/C34H50N6O5S/c1-34(2,3)45-33(42)38-22-26(32(41)37-15-9-17-39(4)5)20-25-10-12-28(13-11-25)44-29-14-16-36-31-30(29)27(21-35)23-40(31)24-43-18-19-46(6,7)8/h10-14,16,23,26H,9,15,17-20,22,24H2,1-8H3,(H,37,41)(H,38,42). The number of pyridine rings is 1. The molecule has 1 unspecified atom stereocenters. The highest BCUT2D eigenvalue weighted by Crippen LogP contribution is 2.34. The van der Waals surface area contributed by atoms with Crippen molar-refractivity contribution in [3.63, 3.8) is 0 Å². The van der Waals surface area contributed by atoms with Gasteiger partial charge in [0.25, 0.3) is 0 Å². The van der Waals surface area contributed by atoms with Crippen molar-refractivity contribution < 1.29 is 23.8 Å². The predicted molar refractivity (Wildman–Crippen MR) is 185 cm³/mol. The first-order chi connectivity index (χ1) is 21.6. The van der Waals surface area contributed by atoms with Gasteiger partial charge in [-0.1, -0.05) is 12.1 Å². The molecule has 0 radical (unpaired) electrons. The average molecular weight is 655 g/mol. The zero-order valence-corrected chi connectivity index (χ0v) is 29.3. The Morgan fingerprint density at radius 3 is 2.46 bits per heavy atom. The number of ether oxygens (including phenoxy) is 3. The maximum absolute atomic E-state index is 13.1. The summed E-state index contributed by atoms with van der Waals surface area (Å²) in [5.74, 6) is 1.46. The third-order valence-electron chi connectivity index (χ3n) is 6.89. The van der Waals surface area contributed by atoms with E-state index in [-0.39, 0.29) is 12.5 Å². The van der Waals surface area contributed by atoms with Crippen LogP contribution in [0.15, 0.2) is 42.7 Å². The second-order valence-electron chi connectivity index (χ2n) is 13.4. The van der Waals surface area contributed by atoms with Gasteiger partial charge in [-0.3, -0.25) is 4.79 Å². The van der Waals surface area contributed by atoms with Crippen LogP contribution in [0.25, 0.3) is 11.0 Å². The van der Waals surface area contributed by atoms with Crippen LogP contribution in [0.2, 0.25) is 0 Å². The van der Waals surface area contributed by atoms with Crippen LogP contribution in [0.5, 0.6) is 11.5 Å². The number of aromatic nitrogens is 2. The highest BCUT2D eigenvalue weighted by atomic mass is 32.3. The summed E-state index contributed by atoms with van der Waals surface area (Å²) in [6.07, 6.45) is 10.8. The normalized spacial score (nSPS) is 12.9. The molecule has 0 saturated carbocycles. The van der Waals surface area contributed by atoms with E-state index in [1.54, 1.807) is 39.2 Å². The Labute approximate surface area is 274 Å². The van der Waals surface area contributed by atoms with E-state index in [0.717, 1.165) is 24.3 Å². The van der Waals surface area contributed by atoms with Crippen molar-refractivity contribution in [2.24, 2.45) is 5.92 Å². The second-order valence-corrected chi connectivity index (χ2v) is 18.0. The smallest absolute Gasteiger partial charge is 0.407 e. The summed E-state index contributed by atoms with van der Waals surface area (Å²) >= 11 is 0. The van der Waals surface area contributed by atoms with Gasteiger partial charge in [-0.2, -0.15) is 5.26 Å². The number of hydrogen-bond donors (Lipinski definition) is 2. The minimum absolute atomic E-state index is 0.133. The lowest BCUT2D eigenvalue weighted by atomic mass is 9.98. The summed E-state index contributed by atoms with van der Waals surface area (Å²) in [5, 5.41) is 16.2. The van der Waals surface area contributed by atoms with Crippen LogP contribution in [-0.4, -0.2) is 96.9 Å². The number of nitrogens with zero attached hydrogens (tertiary/aromatic N) is 4. The molecule has 3 rings (SSSR count). The lowest BCUT2D eigenvalue weighted by Gasteiger charge is -2.24. The molecule has 12 heteroatoms. The molecule has 1 aromatic carbocycles. The van der Waals surface area contributed by atoms with E-state index in [1.165, 1.54) is 0 Å². The van der Waals surface area contributed by atoms with Crippen LogP contribution in [0, 0.1) is 17.2 Å². The number of fused-ring (bicyclic) bond motifs is 1. The SMILES string of the molecule is CN(C)CCCNC(=O)C(CNC(=O)OC(C)(C)C)Cc1ccc(Oc2ccnc3c2c(C#N)cn3COCCS(C)(C)C)cc1. The number of carbonyl (C=O) groups excluding carboxylic acids is 2. The highest BCUT2D eigenvalue weighted by molar-refractivity contribution is 8.32. The van der Waals surface area contributed by atoms with E-state index in [0.29, 0.717) is 54.4 Å². The molecule has 0 saturated heterocycles. The fourth-order valence-electron chi connectivity index (χ4n) is 4.56. The average Bonchev–Trinajstić information content (AvgIpc) is 3.33. The monoisotopic (exact) mass is 654 g/mol. The summed E-state index contributed by atoms with van der Waals surface area (Å²) in [7, 11) is 3.32. The first-order valence-corrected chi connectivity index (χ1v) is 18.5. The van der Waals surface area contributed by atoms with Crippen LogP contribution >= 0.6 is 10.0 Å². The lowest BCUT2D eigenvalue weighted by Crippen LogP contribution is -2.42. The number of alkyl carbamates (subject to hydrolysis) is 1. The first-order valence-electron chi connectivity index (χ1n) is 15.4. The van der Waals surface area contributed by atoms with E-state index < -0.39 is 27.6 Å². The summed E-state index contributed by atoms with van der Waals surface area (Å²) in [6, 6.07) is 11.5. The van der Waals surface area contributed by atoms with Crippen LogP contribution in [-0.2, 0) is 27.4 Å². The topological polar surface area (TPSA) is 131 Å². The minimum Gasteiger partial charge on any atom is -0.456 e. The number of nitriles is 1. The summed E-state index contributed by atoms with van der Waals surface area (Å²) in [4.78, 5) is 32.0. The molecular formula is C34H50N6O5S. The van der Waals surface area contributed by atoms with Gasteiger partial charge in [-0.15, -0.1) is 0 Å². The maximum Gasteiger partial charge on any atom is 0.407 e. The van der Waals surface area contributed by atoms with Gasteiger partial charge in [0.15, 0.2) is 0 Å². The van der Waals surface area contributed by atoms with Gasteiger partial charge in [0.1, 0.15) is 35.5 Å². The van der Waals surface area contributed by atoms with Crippen LogP contribution in [0.3, 0.4) is 0 Å². The molecule has 2 N–H and O–H groups in total. The van der Waals surface area contributed by atoms with E-state index >= 15 is 0 Å². The van der Waals surface area contributed by atoms with Crippen molar-refractivity contribution in [1.29, 1.82) is 5.26 Å². The Balaban J connectivity index is 1.71. The molecule has 46 heavy (non-hydrogen) atoms. The lowest BCUT2D eigenvalue weighted by molar-refractivity contribution is -0.124. The minimum atomic E-state index is -0.662. The van der Waals surface area contributed by atoms with Crippen molar-refractivity contribution in [3.8, 4) is 17.6 Å². The molecule has 2 amide bonds. The zero-order valence-electron chi connectivity index (χ0n) is 28.5. The number of hydrogen-bond acceptors (Lipinski definition) is 8. The molecule has 0 bridgehead atoms. The molecule has 11 nitrogen and oxygen atoms in total. The Kier molecular flexibility index (Phi) is 13.3. The number of carbonyl (C=O) groups is 2. The third kappa shape index (κ3) is 12.2. The molecule has 0 spiro atoms. The van der Waals surface area contributed by atoms with Gasteiger partial charge in [-0.05, 0) is 96.8 Å². The van der Waals surface area contributed by atoms with Crippen molar-refractivity contribution in [3.05, 3.63) is 53.9 Å². The second kappa shape index (κ2) is 16.7. The number of nitrogens with one attached hydrogen (secondary N) is 2. The summed E-state index contributed by atoms with van der Waals surface area (Å²) < 4.78 is 19.3. The van der Waals surface area contributed by atoms with Gasteiger partial charge in [0.05, 0.1) is 23.5 Å². The van der Waals surface area contributed by atoms with Crippen molar-refractivity contribution in [2.75, 3.05) is 64.9 Å². The molecule has 2 heterocycles. The van der Waals surface area contributed by atoms with E-state index in [9.17, 15) is 14.9 Å². The maximum atomic E-state index is 13.1. The predicted octanol–water partition coefficient (Wildman–Crippen LogP) is 5.12. The van der Waals surface area contributed by atoms with Gasteiger partial charge >= 0.3 is 6.09 Å². The molecule has 0 aliphatic carbocycles. The fourth-order valence-corrected chi connectivity index (χ4v) is 5.18. The molecular weight excluding hydrogens is 604 g/mol. The highest BCUT2D eigenvalue weighted by Gasteiger charge is 2.23. The summed E-state index contributed by atoms with van der Waals surface area (Å²) in [6.45, 7) is 7.86. The van der Waals surface area contributed by atoms with Crippen molar-refractivity contribution >= 4 is 33.1 Å². The number of amides is 2. The molecule has 252 valence electrons. The van der Waals surface area contributed by atoms with Crippen molar-refractivity contribution in [1.82, 2.24) is 25.1 Å². The van der Waals surface area contributed by atoms with Gasteiger partial charge in [-0.25, -0.2) is 19.8 Å². The third-order valence-corrected chi connectivity index (χ3v) is 8.28. The van der Waals surface area contributed by atoms with Gasteiger partial charge in [0.2, 0.25) is 5.91 Å². The first kappa shape index (κ1) is 36.7. The van der Waals surface area contributed by atoms with Crippen LogP contribution < -0.4 is 15.4 Å². The van der Waals surface area contributed by atoms with E-state index in [1.807, 2.05) is 42.9 Å². The molecule has 2 aromatic heterocycles. The molecule has 0 fully saturated rings. The molecule has 1 atom stereocenters. The molecule has 0 aliphatic rings. The van der Waals surface area contributed by atoms with Crippen molar-refractivity contribution in [2.45, 2.75) is 45.9 Å². The molecule has 0 aliphatic heterocycles. The Hall–Kier alpha value is -3.79. The van der Waals surface area contributed by atoms with Gasteiger partial charge < -0.3 is 34.3 Å². The van der Waals surface area contributed by atoms with Gasteiger partial charge in [0, 0.05) is 31.2 Å². The fraction of sp³-hybridized carbons (Fsp3) is 0.529. The van der Waals surface area contributed by atoms with E-state index in [2.05, 4.69) is 45.4 Å². The van der Waals surface area contributed by atoms with Crippen LogP contribution in [0.4, 0.5) is 4.79 Å². The molecule has 3 aromatic rings. The Morgan fingerprint density at radius 2 is 1.83 bits per heavy atom. The number of benzene rings is 1. The van der Waals surface area contributed by atoms with E-state index in [4.69, 9.17) is 14.2 Å². The summed E-state index contributed by atoms with van der Waals surface area (Å²) in [5.41, 5.74) is 1.34. The number of rotatable bonds is 16. The largest absolute Gasteiger partial charge is 0.456 e. The quantitative estimate of drug-likeness (QED) is 0.204. The van der Waals surface area contributed by atoms with Crippen LogP contribution in [0.1, 0.15) is 38.3 Å². The Morgan fingerprint density at radius 1 is 1.11 bits per heavy atom. The zero-order chi connectivity index (χ0) is 33.9.